The van der Waals surface area contributed by atoms with Crippen molar-refractivity contribution in [2.45, 2.75) is 27.3 Å². The molecule has 5 nitrogen and oxygen atoms in total. The standard InChI is InChI=1S/C14H22N4OS.ClH/c1-10-7-20-13-16-11(5-12(19)18(10)13)6-17(4)9-14(2,3)8-15;/h5,7H,6,8-9,15H2,1-4H3;1H. The van der Waals surface area contributed by atoms with Gasteiger partial charge in [-0.25, -0.2) is 4.98 Å². The number of halogens is 1. The average Bonchev–Trinajstić information content (AvgIpc) is 2.70. The van der Waals surface area contributed by atoms with Gasteiger partial charge in [-0.15, -0.1) is 23.7 Å². The molecule has 0 spiro atoms. The zero-order valence-electron chi connectivity index (χ0n) is 12.9. The van der Waals surface area contributed by atoms with Crippen LogP contribution < -0.4 is 11.3 Å². The predicted octanol–water partition coefficient (Wildman–Crippen LogP) is 1.90. The molecule has 0 aliphatic rings. The second-order valence-electron chi connectivity index (χ2n) is 6.12. The van der Waals surface area contributed by atoms with Gasteiger partial charge in [0, 0.05) is 30.2 Å². The van der Waals surface area contributed by atoms with Crippen LogP contribution in [0.2, 0.25) is 0 Å². The Balaban J connectivity index is 0.00000220. The van der Waals surface area contributed by atoms with Gasteiger partial charge in [0.1, 0.15) is 0 Å². The minimum absolute atomic E-state index is 0. The van der Waals surface area contributed by atoms with Crippen LogP contribution in [0.1, 0.15) is 25.2 Å². The van der Waals surface area contributed by atoms with Crippen molar-refractivity contribution >= 4 is 28.7 Å². The molecular weight excluding hydrogens is 308 g/mol. The number of aryl methyl sites for hydroxylation is 1. The Bertz CT molecular complexity index is 665. The highest BCUT2D eigenvalue weighted by atomic mass is 35.5. The van der Waals surface area contributed by atoms with Gasteiger partial charge in [-0.3, -0.25) is 14.1 Å². The van der Waals surface area contributed by atoms with E-state index < -0.39 is 0 Å². The molecule has 0 aliphatic heterocycles. The van der Waals surface area contributed by atoms with Gasteiger partial charge in [0.25, 0.3) is 5.56 Å². The van der Waals surface area contributed by atoms with Crippen LogP contribution in [-0.2, 0) is 6.54 Å². The molecule has 2 N–H and O–H groups in total. The van der Waals surface area contributed by atoms with E-state index in [-0.39, 0.29) is 23.4 Å². The summed E-state index contributed by atoms with van der Waals surface area (Å²) in [6.07, 6.45) is 0. The fourth-order valence-electron chi connectivity index (χ4n) is 2.31. The van der Waals surface area contributed by atoms with Crippen LogP contribution in [0.3, 0.4) is 0 Å². The van der Waals surface area contributed by atoms with Crippen LogP contribution in [0.25, 0.3) is 4.96 Å². The van der Waals surface area contributed by atoms with Gasteiger partial charge in [0.15, 0.2) is 4.96 Å². The summed E-state index contributed by atoms with van der Waals surface area (Å²) in [5, 5.41) is 1.95. The van der Waals surface area contributed by atoms with Crippen molar-refractivity contribution < 1.29 is 0 Å². The molecule has 0 atom stereocenters. The summed E-state index contributed by atoms with van der Waals surface area (Å²) in [4.78, 5) is 19.6. The number of thiazole rings is 1. The van der Waals surface area contributed by atoms with Gasteiger partial charge in [0.05, 0.1) is 5.69 Å². The van der Waals surface area contributed by atoms with Crippen LogP contribution >= 0.6 is 23.7 Å². The smallest absolute Gasteiger partial charge is 0.259 e. The summed E-state index contributed by atoms with van der Waals surface area (Å²) in [6.45, 7) is 8.36. The third-order valence-corrected chi connectivity index (χ3v) is 4.25. The number of nitrogens with two attached hydrogens (primary N) is 1. The third kappa shape index (κ3) is 4.26. The third-order valence-electron chi connectivity index (χ3n) is 3.31. The van der Waals surface area contributed by atoms with E-state index in [1.54, 1.807) is 10.5 Å². The molecule has 2 rings (SSSR count). The Hall–Kier alpha value is -0.950. The molecule has 0 radical (unpaired) electrons. The lowest BCUT2D eigenvalue weighted by molar-refractivity contribution is 0.208. The second kappa shape index (κ2) is 6.87. The van der Waals surface area contributed by atoms with Crippen molar-refractivity contribution in [3.63, 3.8) is 0 Å². The SMILES string of the molecule is Cc1csc2nc(CN(C)CC(C)(C)CN)cc(=O)n12.Cl. The van der Waals surface area contributed by atoms with Crippen molar-refractivity contribution in [2.75, 3.05) is 20.1 Å². The topological polar surface area (TPSA) is 63.6 Å². The maximum Gasteiger partial charge on any atom is 0.259 e. The first-order chi connectivity index (χ1) is 9.32. The van der Waals surface area contributed by atoms with Crippen molar-refractivity contribution in [2.24, 2.45) is 11.1 Å². The van der Waals surface area contributed by atoms with Crippen LogP contribution in [-0.4, -0.2) is 34.4 Å². The first kappa shape index (κ1) is 18.1. The highest BCUT2D eigenvalue weighted by Crippen LogP contribution is 2.16. The van der Waals surface area contributed by atoms with E-state index in [0.717, 1.165) is 22.9 Å². The Morgan fingerprint density at radius 2 is 2.14 bits per heavy atom. The minimum atomic E-state index is -0.00441. The van der Waals surface area contributed by atoms with Gasteiger partial charge in [-0.05, 0) is 25.9 Å². The Morgan fingerprint density at radius 1 is 1.48 bits per heavy atom. The van der Waals surface area contributed by atoms with Crippen LogP contribution in [0.4, 0.5) is 0 Å². The van der Waals surface area contributed by atoms with E-state index >= 15 is 0 Å². The number of fused-ring (bicyclic) bond motifs is 1. The number of hydrogen-bond acceptors (Lipinski definition) is 5. The van der Waals surface area contributed by atoms with Crippen molar-refractivity contribution in [3.8, 4) is 0 Å². The average molecular weight is 331 g/mol. The van der Waals surface area contributed by atoms with Gasteiger partial charge in [-0.2, -0.15) is 0 Å². The molecule has 0 unspecified atom stereocenters. The van der Waals surface area contributed by atoms with E-state index in [2.05, 4.69) is 23.7 Å². The van der Waals surface area contributed by atoms with Gasteiger partial charge >= 0.3 is 0 Å². The summed E-state index contributed by atoms with van der Waals surface area (Å²) in [6, 6.07) is 1.62. The molecule has 0 aromatic carbocycles. The molecule has 0 amide bonds. The molecule has 0 aliphatic carbocycles. The molecule has 21 heavy (non-hydrogen) atoms. The van der Waals surface area contributed by atoms with E-state index in [1.165, 1.54) is 11.3 Å². The van der Waals surface area contributed by atoms with E-state index in [0.29, 0.717) is 13.1 Å². The molecule has 0 saturated heterocycles. The van der Waals surface area contributed by atoms with Crippen molar-refractivity contribution in [1.29, 1.82) is 0 Å². The molecule has 2 aromatic rings. The number of nitrogens with zero attached hydrogens (tertiary/aromatic N) is 3. The summed E-state index contributed by atoms with van der Waals surface area (Å²) in [7, 11) is 2.03. The number of hydrogen-bond donors (Lipinski definition) is 1. The highest BCUT2D eigenvalue weighted by Gasteiger charge is 2.18. The summed E-state index contributed by atoms with van der Waals surface area (Å²) >= 11 is 1.50. The molecule has 2 heterocycles. The second-order valence-corrected chi connectivity index (χ2v) is 6.96. The molecule has 0 bridgehead atoms. The summed E-state index contributed by atoms with van der Waals surface area (Å²) < 4.78 is 1.65. The highest BCUT2D eigenvalue weighted by molar-refractivity contribution is 7.15. The van der Waals surface area contributed by atoms with Crippen molar-refractivity contribution in [3.05, 3.63) is 33.2 Å². The normalized spacial score (nSPS) is 11.9. The predicted molar refractivity (Wildman–Crippen MR) is 90.5 cm³/mol. The fraction of sp³-hybridized carbons (Fsp3) is 0.571. The fourth-order valence-corrected chi connectivity index (χ4v) is 3.20. The summed E-state index contributed by atoms with van der Waals surface area (Å²) in [5.41, 5.74) is 7.56. The number of aromatic nitrogens is 2. The molecule has 0 saturated carbocycles. The quantitative estimate of drug-likeness (QED) is 0.909. The van der Waals surface area contributed by atoms with Gasteiger partial charge in [0.2, 0.25) is 0 Å². The summed E-state index contributed by atoms with van der Waals surface area (Å²) in [5.74, 6) is 0. The zero-order chi connectivity index (χ0) is 14.9. The minimum Gasteiger partial charge on any atom is -0.330 e. The van der Waals surface area contributed by atoms with Crippen LogP contribution in [0.5, 0.6) is 0 Å². The first-order valence-corrected chi connectivity index (χ1v) is 7.56. The molecular formula is C14H23ClN4OS. The molecule has 7 heteroatoms. The van der Waals surface area contributed by atoms with Gasteiger partial charge in [-0.1, -0.05) is 13.8 Å². The lowest BCUT2D eigenvalue weighted by Gasteiger charge is -2.28. The Morgan fingerprint density at radius 3 is 2.76 bits per heavy atom. The molecule has 0 fully saturated rings. The lowest BCUT2D eigenvalue weighted by Crippen LogP contribution is -2.36. The number of rotatable bonds is 5. The largest absolute Gasteiger partial charge is 0.330 e. The monoisotopic (exact) mass is 330 g/mol. The van der Waals surface area contributed by atoms with Crippen LogP contribution in [0.15, 0.2) is 16.2 Å². The van der Waals surface area contributed by atoms with E-state index in [1.807, 2.05) is 19.4 Å². The van der Waals surface area contributed by atoms with Crippen molar-refractivity contribution in [1.82, 2.24) is 14.3 Å². The molecule has 2 aromatic heterocycles. The lowest BCUT2D eigenvalue weighted by atomic mass is 9.93. The zero-order valence-corrected chi connectivity index (χ0v) is 14.6. The van der Waals surface area contributed by atoms with E-state index in [4.69, 9.17) is 5.73 Å². The molecule has 118 valence electrons. The first-order valence-electron chi connectivity index (χ1n) is 6.68. The van der Waals surface area contributed by atoms with E-state index in [9.17, 15) is 4.79 Å². The Labute approximate surface area is 135 Å². The Kier molecular flexibility index (Phi) is 5.92. The maximum atomic E-state index is 12.1. The van der Waals surface area contributed by atoms with Crippen LogP contribution in [0, 0.1) is 12.3 Å². The van der Waals surface area contributed by atoms with Gasteiger partial charge < -0.3 is 5.73 Å². The maximum absolute atomic E-state index is 12.1.